The molecule has 0 bridgehead atoms. The van der Waals surface area contributed by atoms with Gasteiger partial charge >= 0.3 is 0 Å². The first-order chi connectivity index (χ1) is 5.43. The van der Waals surface area contributed by atoms with Gasteiger partial charge in [-0.25, -0.2) is 4.68 Å². The summed E-state index contributed by atoms with van der Waals surface area (Å²) in [5.41, 5.74) is 0. The largest absolute Gasteiger partial charge is 0.276 e. The first-order valence-corrected chi connectivity index (χ1v) is 3.21. The maximum absolute atomic E-state index is 10.2. The third-order valence-corrected chi connectivity index (χ3v) is 1.08. The molecule has 3 heteroatoms. The molecule has 1 rings (SSSR count). The number of hydrogen-bond donors (Lipinski definition) is 0. The van der Waals surface area contributed by atoms with Crippen molar-refractivity contribution in [2.75, 3.05) is 0 Å². The molecule has 1 aromatic heterocycles. The summed E-state index contributed by atoms with van der Waals surface area (Å²) in [7, 11) is 0. The third kappa shape index (κ3) is 2.62. The van der Waals surface area contributed by atoms with Gasteiger partial charge in [0.1, 0.15) is 0 Å². The fourth-order valence-corrected chi connectivity index (χ4v) is 0.596. The molecule has 0 aliphatic heterocycles. The molecule has 0 aliphatic rings. The molecule has 0 aliphatic carbocycles. The van der Waals surface area contributed by atoms with Crippen LogP contribution in [0.5, 0.6) is 0 Å². The van der Waals surface area contributed by atoms with Crippen molar-refractivity contribution in [3.05, 3.63) is 42.7 Å². The molecule has 0 amide bonds. The van der Waals surface area contributed by atoms with E-state index in [1.54, 1.807) is 24.5 Å². The van der Waals surface area contributed by atoms with E-state index in [4.69, 9.17) is 0 Å². The lowest BCUT2D eigenvalue weighted by atomic mass is 10.5. The van der Waals surface area contributed by atoms with Crippen molar-refractivity contribution in [3.8, 4) is 0 Å². The number of hydrogen-bond acceptors (Lipinski definition) is 2. The van der Waals surface area contributed by atoms with Gasteiger partial charge in [0, 0.05) is 12.4 Å². The number of nitrogens with zero attached hydrogens (tertiary/aromatic N) is 2. The Morgan fingerprint density at radius 3 is 2.64 bits per heavy atom. The Morgan fingerprint density at radius 2 is 1.82 bits per heavy atom. The monoisotopic (exact) mass is 148 g/mol. The van der Waals surface area contributed by atoms with Crippen LogP contribution in [0.3, 0.4) is 0 Å². The van der Waals surface area contributed by atoms with E-state index < -0.39 is 0 Å². The topological polar surface area (TPSA) is 34.9 Å². The van der Waals surface area contributed by atoms with Gasteiger partial charge in [0.15, 0.2) is 0 Å². The molecule has 0 fully saturated rings. The zero-order valence-electron chi connectivity index (χ0n) is 5.92. The lowest BCUT2D eigenvalue weighted by molar-refractivity contribution is 0.539. The van der Waals surface area contributed by atoms with Gasteiger partial charge < -0.3 is 0 Å². The van der Waals surface area contributed by atoms with Crippen molar-refractivity contribution >= 4 is 6.41 Å². The minimum atomic E-state index is 0.639. The Balaban J connectivity index is 3.16. The number of carbonyl (C=O) groups is 1. The van der Waals surface area contributed by atoms with Crippen LogP contribution in [0.15, 0.2) is 42.7 Å². The highest BCUT2D eigenvalue weighted by atomic mass is 16.1. The second kappa shape index (κ2) is 4.22. The molecule has 1 heterocycles. The lowest BCUT2D eigenvalue weighted by Gasteiger charge is -1.83. The van der Waals surface area contributed by atoms with Gasteiger partial charge in [-0.1, -0.05) is 18.2 Å². The van der Waals surface area contributed by atoms with Crippen LogP contribution in [0, 0.1) is 0 Å². The van der Waals surface area contributed by atoms with Crippen molar-refractivity contribution in [1.82, 2.24) is 9.78 Å². The summed E-state index contributed by atoms with van der Waals surface area (Å²) in [5, 5.41) is 3.79. The minimum absolute atomic E-state index is 0.639. The normalized spacial score (nSPS) is 8.36. The highest BCUT2D eigenvalue weighted by Crippen LogP contribution is 1.77. The van der Waals surface area contributed by atoms with Gasteiger partial charge in [0.2, 0.25) is 6.41 Å². The highest BCUT2D eigenvalue weighted by Gasteiger charge is 1.73. The summed E-state index contributed by atoms with van der Waals surface area (Å²) in [5.74, 6) is 0. The first-order valence-electron chi connectivity index (χ1n) is 3.21. The molecule has 0 spiro atoms. The molecule has 0 unspecified atom stereocenters. The predicted octanol–water partition coefficient (Wildman–Crippen LogP) is 1.05. The van der Waals surface area contributed by atoms with E-state index in [-0.39, 0.29) is 0 Å². The quantitative estimate of drug-likeness (QED) is 0.558. The molecule has 11 heavy (non-hydrogen) atoms. The number of rotatable bonds is 1. The minimum Gasteiger partial charge on any atom is -0.276 e. The summed E-state index contributed by atoms with van der Waals surface area (Å²) < 4.78 is 1.19. The van der Waals surface area contributed by atoms with E-state index in [9.17, 15) is 4.79 Å². The van der Waals surface area contributed by atoms with Gasteiger partial charge in [0.05, 0.1) is 0 Å². The van der Waals surface area contributed by atoms with Gasteiger partial charge in [-0.3, -0.25) is 4.79 Å². The lowest BCUT2D eigenvalue weighted by Crippen LogP contribution is -1.95. The number of carbonyl (C=O) groups excluding carboxylic acids is 1. The van der Waals surface area contributed by atoms with Crippen molar-refractivity contribution in [2.24, 2.45) is 0 Å². The van der Waals surface area contributed by atoms with E-state index >= 15 is 0 Å². The molecule has 0 atom stereocenters. The molecular weight excluding hydrogens is 140 g/mol. The molecule has 56 valence electrons. The maximum atomic E-state index is 10.2. The zero-order chi connectivity index (χ0) is 7.94. The Hall–Kier alpha value is -1.64. The third-order valence-electron chi connectivity index (χ3n) is 1.08. The van der Waals surface area contributed by atoms with Gasteiger partial charge in [0.25, 0.3) is 0 Å². The van der Waals surface area contributed by atoms with E-state index in [0.29, 0.717) is 6.41 Å². The van der Waals surface area contributed by atoms with E-state index in [2.05, 4.69) is 5.10 Å². The Labute approximate surface area is 64.6 Å². The predicted molar refractivity (Wildman–Crippen MR) is 42.0 cm³/mol. The second-order valence-electron chi connectivity index (χ2n) is 1.86. The van der Waals surface area contributed by atoms with E-state index in [0.717, 1.165) is 0 Å². The van der Waals surface area contributed by atoms with E-state index in [1.807, 2.05) is 18.2 Å². The molecule has 0 radical (unpaired) electrons. The van der Waals surface area contributed by atoms with Crippen LogP contribution in [0.2, 0.25) is 0 Å². The molecule has 0 saturated heterocycles. The maximum Gasteiger partial charge on any atom is 0.234 e. The fourth-order valence-electron chi connectivity index (χ4n) is 0.596. The summed E-state index contributed by atoms with van der Waals surface area (Å²) in [6, 6.07) is 9.00. The van der Waals surface area contributed by atoms with Crippen LogP contribution in [0.25, 0.3) is 0 Å². The average Bonchev–Trinajstić information content (AvgIpc) is 2.16. The van der Waals surface area contributed by atoms with Crippen molar-refractivity contribution < 1.29 is 4.79 Å². The summed E-state index contributed by atoms with van der Waals surface area (Å²) in [6.07, 6.45) is 3.77. The van der Waals surface area contributed by atoms with Gasteiger partial charge in [-0.05, 0) is 12.1 Å². The van der Waals surface area contributed by atoms with Crippen molar-refractivity contribution in [3.63, 3.8) is 0 Å². The smallest absolute Gasteiger partial charge is 0.234 e. The molecule has 3 nitrogen and oxygen atoms in total. The number of aromatic nitrogens is 2. The molecule has 0 aromatic carbocycles. The summed E-state index contributed by atoms with van der Waals surface area (Å²) >= 11 is 0. The standard InChI is InChI=1S/C8H8N2O/c11-8-10-7-5-3-1-2-4-6-9-10/h1-8H. The van der Waals surface area contributed by atoms with Gasteiger partial charge in [-0.15, -0.1) is 0 Å². The van der Waals surface area contributed by atoms with Crippen LogP contribution in [-0.2, 0) is 4.79 Å². The molecule has 0 N–H and O–H groups in total. The Morgan fingerprint density at radius 1 is 1.09 bits per heavy atom. The first kappa shape index (κ1) is 7.47. The second-order valence-corrected chi connectivity index (χ2v) is 1.86. The highest BCUT2D eigenvalue weighted by molar-refractivity contribution is 5.49. The van der Waals surface area contributed by atoms with Crippen molar-refractivity contribution in [2.45, 2.75) is 0 Å². The van der Waals surface area contributed by atoms with Crippen LogP contribution in [0.4, 0.5) is 0 Å². The average molecular weight is 148 g/mol. The SMILES string of the molecule is O=Cn1cccccccn1. The molecule has 0 saturated carbocycles. The molecular formula is C8H8N2O. The van der Waals surface area contributed by atoms with Crippen LogP contribution in [-0.4, -0.2) is 16.2 Å². The fraction of sp³-hybridized carbons (Fsp3) is 0. The van der Waals surface area contributed by atoms with E-state index in [1.165, 1.54) is 4.68 Å². The van der Waals surface area contributed by atoms with Crippen LogP contribution < -0.4 is 0 Å². The van der Waals surface area contributed by atoms with Crippen LogP contribution >= 0.6 is 0 Å². The zero-order valence-corrected chi connectivity index (χ0v) is 5.92. The summed E-state index contributed by atoms with van der Waals surface area (Å²) in [6.45, 7) is 0. The van der Waals surface area contributed by atoms with Crippen molar-refractivity contribution in [1.29, 1.82) is 0 Å². The Kier molecular flexibility index (Phi) is 2.86. The Bertz CT molecular complexity index is 255. The van der Waals surface area contributed by atoms with Gasteiger partial charge in [-0.2, -0.15) is 5.10 Å². The summed E-state index contributed by atoms with van der Waals surface area (Å²) in [4.78, 5) is 10.2. The van der Waals surface area contributed by atoms with Crippen LogP contribution in [0.1, 0.15) is 0 Å². The molecule has 1 aromatic rings.